The predicted molar refractivity (Wildman–Crippen MR) is 43.8 cm³/mol. The van der Waals surface area contributed by atoms with Crippen LogP contribution in [0, 0.1) is 23.6 Å². The Bertz CT molecular complexity index is 344. The fourth-order valence-electron chi connectivity index (χ4n) is 0.877. The van der Waals surface area contributed by atoms with Crippen LogP contribution in [0.4, 0.5) is 4.39 Å². The Hall–Kier alpha value is -1.36. The van der Waals surface area contributed by atoms with Crippen molar-refractivity contribution in [2.24, 2.45) is 5.92 Å². The van der Waals surface area contributed by atoms with Crippen LogP contribution in [0.3, 0.4) is 0 Å². The summed E-state index contributed by atoms with van der Waals surface area (Å²) in [4.78, 5) is 3.93. The van der Waals surface area contributed by atoms with Gasteiger partial charge in [-0.3, -0.25) is 0 Å². The third-order valence-electron chi connectivity index (χ3n) is 1.70. The Kier molecular flexibility index (Phi) is 1.79. The Morgan fingerprint density at radius 1 is 1.50 bits per heavy atom. The second kappa shape index (κ2) is 2.94. The third-order valence-corrected chi connectivity index (χ3v) is 1.70. The molecule has 1 nitrogen and oxygen atoms in total. The van der Waals surface area contributed by atoms with Gasteiger partial charge in [-0.1, -0.05) is 5.92 Å². The highest BCUT2D eigenvalue weighted by molar-refractivity contribution is 5.29. The second-order valence-electron chi connectivity index (χ2n) is 2.90. The van der Waals surface area contributed by atoms with Gasteiger partial charge in [0.2, 0.25) is 0 Å². The fraction of sp³-hybridized carbons (Fsp3) is 0.300. The molecule has 1 fully saturated rings. The van der Waals surface area contributed by atoms with E-state index < -0.39 is 0 Å². The van der Waals surface area contributed by atoms with Crippen molar-refractivity contribution in [3.05, 3.63) is 29.8 Å². The molecule has 1 saturated carbocycles. The van der Waals surface area contributed by atoms with Crippen molar-refractivity contribution < 1.29 is 4.39 Å². The molecule has 1 aliphatic rings. The Morgan fingerprint density at radius 2 is 2.33 bits per heavy atom. The molecule has 0 amide bonds. The first-order chi connectivity index (χ1) is 5.84. The summed E-state index contributed by atoms with van der Waals surface area (Å²) >= 11 is 0. The van der Waals surface area contributed by atoms with E-state index >= 15 is 0 Å². The molecule has 0 bridgehead atoms. The van der Waals surface area contributed by atoms with E-state index in [1.54, 1.807) is 0 Å². The minimum Gasteiger partial charge on any atom is -0.248 e. The molecule has 2 rings (SSSR count). The van der Waals surface area contributed by atoms with Gasteiger partial charge in [-0.25, -0.2) is 9.37 Å². The van der Waals surface area contributed by atoms with E-state index in [4.69, 9.17) is 0 Å². The smallest absolute Gasteiger partial charge is 0.127 e. The molecule has 0 atom stereocenters. The van der Waals surface area contributed by atoms with Gasteiger partial charge in [0.25, 0.3) is 0 Å². The van der Waals surface area contributed by atoms with Crippen LogP contribution in [0.5, 0.6) is 0 Å². The monoisotopic (exact) mass is 161 g/mol. The summed E-state index contributed by atoms with van der Waals surface area (Å²) in [5.74, 6) is 6.13. The van der Waals surface area contributed by atoms with E-state index in [0.29, 0.717) is 11.6 Å². The molecular weight excluding hydrogens is 153 g/mol. The second-order valence-corrected chi connectivity index (χ2v) is 2.90. The van der Waals surface area contributed by atoms with Crippen LogP contribution < -0.4 is 0 Å². The molecule has 1 heterocycles. The number of pyridine rings is 1. The van der Waals surface area contributed by atoms with Crippen LogP contribution in [0.1, 0.15) is 18.5 Å². The van der Waals surface area contributed by atoms with Crippen LogP contribution >= 0.6 is 0 Å². The number of aromatic nitrogens is 1. The number of rotatable bonds is 0. The minimum atomic E-state index is -0.273. The molecule has 1 aromatic heterocycles. The molecule has 0 aromatic carbocycles. The molecule has 0 radical (unpaired) electrons. The van der Waals surface area contributed by atoms with Gasteiger partial charge in [0.05, 0.1) is 0 Å². The molecule has 0 unspecified atom stereocenters. The fourth-order valence-corrected chi connectivity index (χ4v) is 0.877. The minimum absolute atomic E-state index is 0.273. The molecule has 0 saturated heterocycles. The van der Waals surface area contributed by atoms with Crippen molar-refractivity contribution in [2.75, 3.05) is 0 Å². The third kappa shape index (κ3) is 1.82. The van der Waals surface area contributed by atoms with Crippen molar-refractivity contribution in [1.82, 2.24) is 4.98 Å². The van der Waals surface area contributed by atoms with Gasteiger partial charge in [-0.05, 0) is 24.8 Å². The summed E-state index contributed by atoms with van der Waals surface area (Å²) in [6.07, 6.45) is 3.80. The van der Waals surface area contributed by atoms with Gasteiger partial charge >= 0.3 is 0 Å². The summed E-state index contributed by atoms with van der Waals surface area (Å²) in [6.45, 7) is 0. The summed E-state index contributed by atoms with van der Waals surface area (Å²) in [6, 6.07) is 2.68. The summed E-state index contributed by atoms with van der Waals surface area (Å²) in [5.41, 5.74) is 0.530. The standard InChI is InChI=1S/C10H8FN/c11-9-5-6-12-10(7-9)4-3-8-1-2-8/h5-8H,1-2H2. The average molecular weight is 161 g/mol. The van der Waals surface area contributed by atoms with Gasteiger partial charge < -0.3 is 0 Å². The molecule has 0 N–H and O–H groups in total. The molecule has 60 valence electrons. The van der Waals surface area contributed by atoms with Crippen LogP contribution in [0.15, 0.2) is 18.3 Å². The van der Waals surface area contributed by atoms with Crippen molar-refractivity contribution in [1.29, 1.82) is 0 Å². The zero-order valence-electron chi connectivity index (χ0n) is 6.55. The first-order valence-electron chi connectivity index (χ1n) is 3.98. The molecule has 1 aliphatic carbocycles. The zero-order valence-corrected chi connectivity index (χ0v) is 6.55. The van der Waals surface area contributed by atoms with Crippen LogP contribution in [-0.4, -0.2) is 4.98 Å². The van der Waals surface area contributed by atoms with Gasteiger partial charge in [-0.2, -0.15) is 0 Å². The Morgan fingerprint density at radius 3 is 3.00 bits per heavy atom. The largest absolute Gasteiger partial charge is 0.248 e. The van der Waals surface area contributed by atoms with E-state index in [1.807, 2.05) is 0 Å². The number of hydrogen-bond acceptors (Lipinski definition) is 1. The number of hydrogen-bond donors (Lipinski definition) is 0. The maximum absolute atomic E-state index is 12.6. The highest BCUT2D eigenvalue weighted by Crippen LogP contribution is 2.27. The van der Waals surface area contributed by atoms with Crippen molar-refractivity contribution in [2.45, 2.75) is 12.8 Å². The highest BCUT2D eigenvalue weighted by Gasteiger charge is 2.17. The molecule has 1 aromatic rings. The van der Waals surface area contributed by atoms with Crippen molar-refractivity contribution in [3.63, 3.8) is 0 Å². The molecule has 0 spiro atoms. The van der Waals surface area contributed by atoms with Gasteiger partial charge in [0.15, 0.2) is 0 Å². The lowest BCUT2D eigenvalue weighted by atomic mass is 10.3. The lowest BCUT2D eigenvalue weighted by molar-refractivity contribution is 0.625. The SMILES string of the molecule is Fc1ccnc(C#CC2CC2)c1. The molecule has 12 heavy (non-hydrogen) atoms. The number of nitrogens with zero attached hydrogens (tertiary/aromatic N) is 1. The maximum atomic E-state index is 12.6. The van der Waals surface area contributed by atoms with Crippen molar-refractivity contribution >= 4 is 0 Å². The summed E-state index contributed by atoms with van der Waals surface area (Å²) < 4.78 is 12.6. The van der Waals surface area contributed by atoms with E-state index in [9.17, 15) is 4.39 Å². The first-order valence-corrected chi connectivity index (χ1v) is 3.98. The van der Waals surface area contributed by atoms with E-state index in [0.717, 1.165) is 0 Å². The van der Waals surface area contributed by atoms with Crippen LogP contribution in [0.25, 0.3) is 0 Å². The molecule has 0 aliphatic heterocycles. The lowest BCUT2D eigenvalue weighted by Crippen LogP contribution is -1.82. The zero-order chi connectivity index (χ0) is 8.39. The predicted octanol–water partition coefficient (Wildman–Crippen LogP) is 1.98. The number of halogens is 1. The van der Waals surface area contributed by atoms with E-state index in [1.165, 1.54) is 31.2 Å². The topological polar surface area (TPSA) is 12.9 Å². The molecule has 2 heteroatoms. The molecular formula is C10H8FN. The highest BCUT2D eigenvalue weighted by atomic mass is 19.1. The van der Waals surface area contributed by atoms with Crippen LogP contribution in [-0.2, 0) is 0 Å². The summed E-state index contributed by atoms with van der Waals surface area (Å²) in [5, 5.41) is 0. The maximum Gasteiger partial charge on any atom is 0.127 e. The van der Waals surface area contributed by atoms with Gasteiger partial charge in [0, 0.05) is 18.2 Å². The Labute approximate surface area is 70.6 Å². The van der Waals surface area contributed by atoms with Crippen molar-refractivity contribution in [3.8, 4) is 11.8 Å². The summed E-state index contributed by atoms with van der Waals surface area (Å²) in [7, 11) is 0. The quantitative estimate of drug-likeness (QED) is 0.530. The van der Waals surface area contributed by atoms with Gasteiger partial charge in [0.1, 0.15) is 11.5 Å². The van der Waals surface area contributed by atoms with E-state index in [2.05, 4.69) is 16.8 Å². The first kappa shape index (κ1) is 7.30. The van der Waals surface area contributed by atoms with E-state index in [-0.39, 0.29) is 5.82 Å². The van der Waals surface area contributed by atoms with Crippen LogP contribution in [0.2, 0.25) is 0 Å². The van der Waals surface area contributed by atoms with Gasteiger partial charge in [-0.15, -0.1) is 0 Å². The normalized spacial score (nSPS) is 15.1. The average Bonchev–Trinajstić information content (AvgIpc) is 2.84. The lowest BCUT2D eigenvalue weighted by Gasteiger charge is -1.87. The Balaban J connectivity index is 2.18.